The van der Waals surface area contributed by atoms with Crippen LogP contribution in [0.4, 0.5) is 4.79 Å². The fourth-order valence-electron chi connectivity index (χ4n) is 3.88. The van der Waals surface area contributed by atoms with E-state index in [0.717, 1.165) is 11.1 Å². The van der Waals surface area contributed by atoms with Crippen molar-refractivity contribution in [2.75, 3.05) is 7.05 Å². The average molecular weight is 481 g/mol. The molecule has 9 nitrogen and oxygen atoms in total. The zero-order chi connectivity index (χ0) is 24.3. The number of nitrogens with one attached hydrogen (secondary N) is 2. The summed E-state index contributed by atoms with van der Waals surface area (Å²) in [7, 11) is -2.35. The van der Waals surface area contributed by atoms with Crippen LogP contribution in [0.1, 0.15) is 18.4 Å². The van der Waals surface area contributed by atoms with Gasteiger partial charge in [0.15, 0.2) is 0 Å². The molecule has 0 saturated carbocycles. The maximum absolute atomic E-state index is 13.5. The lowest BCUT2D eigenvalue weighted by Crippen LogP contribution is -2.33. The van der Waals surface area contributed by atoms with E-state index in [2.05, 4.69) is 15.6 Å². The van der Waals surface area contributed by atoms with E-state index in [4.69, 9.17) is 0 Å². The van der Waals surface area contributed by atoms with Crippen molar-refractivity contribution in [1.29, 1.82) is 0 Å². The van der Waals surface area contributed by atoms with Gasteiger partial charge in [0.05, 0.1) is 5.52 Å². The van der Waals surface area contributed by atoms with Crippen LogP contribution in [0.2, 0.25) is 0 Å². The summed E-state index contributed by atoms with van der Waals surface area (Å²) in [5, 5.41) is 14.1. The van der Waals surface area contributed by atoms with E-state index in [1.54, 1.807) is 36.7 Å². The number of hydrogen-bond acceptors (Lipinski definition) is 5. The van der Waals surface area contributed by atoms with Gasteiger partial charge in [0.25, 0.3) is 0 Å². The van der Waals surface area contributed by atoms with Gasteiger partial charge < -0.3 is 15.7 Å². The van der Waals surface area contributed by atoms with Crippen LogP contribution >= 0.6 is 0 Å². The van der Waals surface area contributed by atoms with Crippen LogP contribution in [-0.2, 0) is 21.2 Å². The summed E-state index contributed by atoms with van der Waals surface area (Å²) < 4.78 is 28.3. The first kappa shape index (κ1) is 23.2. The van der Waals surface area contributed by atoms with E-state index in [1.807, 2.05) is 24.3 Å². The number of rotatable bonds is 7. The molecular weight excluding hydrogens is 456 g/mol. The van der Waals surface area contributed by atoms with Crippen molar-refractivity contribution in [1.82, 2.24) is 19.6 Å². The molecule has 0 fully saturated rings. The molecule has 2 heterocycles. The van der Waals surface area contributed by atoms with E-state index >= 15 is 0 Å². The lowest BCUT2D eigenvalue weighted by atomic mass is 10.0. The average Bonchev–Trinajstić information content (AvgIpc) is 3.22. The number of hydrogen-bond donors (Lipinski definition) is 3. The summed E-state index contributed by atoms with van der Waals surface area (Å²) in [4.78, 5) is 26.8. The highest BCUT2D eigenvalue weighted by atomic mass is 32.2. The summed E-state index contributed by atoms with van der Waals surface area (Å²) in [6, 6.07) is 8.77. The van der Waals surface area contributed by atoms with Gasteiger partial charge in [-0.25, -0.2) is 17.2 Å². The molecule has 0 radical (unpaired) electrons. The monoisotopic (exact) mass is 480 g/mol. The minimum Gasteiger partial charge on any atom is -0.481 e. The van der Waals surface area contributed by atoms with Crippen molar-refractivity contribution in [3.8, 4) is 11.1 Å². The van der Waals surface area contributed by atoms with Crippen molar-refractivity contribution in [3.05, 3.63) is 78.4 Å². The summed E-state index contributed by atoms with van der Waals surface area (Å²) in [6.45, 7) is 0. The first-order valence-electron chi connectivity index (χ1n) is 10.7. The third-order valence-corrected chi connectivity index (χ3v) is 7.62. The number of allylic oxidation sites excluding steroid dienone is 2. The number of carbonyl (C=O) groups is 2. The van der Waals surface area contributed by atoms with Crippen LogP contribution in [0.3, 0.4) is 0 Å². The van der Waals surface area contributed by atoms with Gasteiger partial charge in [-0.1, -0.05) is 24.3 Å². The summed E-state index contributed by atoms with van der Waals surface area (Å²) in [5.74, 6) is -0.955. The second-order valence-corrected chi connectivity index (χ2v) is 9.89. The molecule has 1 aliphatic carbocycles. The molecule has 2 aromatic heterocycles. The molecule has 0 bridgehead atoms. The quantitative estimate of drug-likeness (QED) is 0.477. The third-order valence-electron chi connectivity index (χ3n) is 5.66. The van der Waals surface area contributed by atoms with Crippen LogP contribution in [0.5, 0.6) is 0 Å². The molecule has 4 rings (SSSR count). The van der Waals surface area contributed by atoms with E-state index in [-0.39, 0.29) is 25.3 Å². The topological polar surface area (TPSA) is 130 Å². The first-order valence-corrected chi connectivity index (χ1v) is 12.2. The van der Waals surface area contributed by atoms with Gasteiger partial charge in [-0.05, 0) is 48.2 Å². The molecule has 1 aliphatic rings. The van der Waals surface area contributed by atoms with Crippen LogP contribution in [-0.4, -0.2) is 46.8 Å². The van der Waals surface area contributed by atoms with Gasteiger partial charge in [-0.2, -0.15) is 0 Å². The van der Waals surface area contributed by atoms with Crippen LogP contribution in [0.25, 0.3) is 22.0 Å². The minimum atomic E-state index is -3.84. The SMILES string of the molecule is CNC(=O)NC1=CCC(S(=O)(=O)n2cc(CCC(=O)O)c3cc(-c4cccnc4)ccc32)C=C1. The normalized spacial score (nSPS) is 15.7. The predicted molar refractivity (Wildman–Crippen MR) is 129 cm³/mol. The van der Waals surface area contributed by atoms with Crippen molar-refractivity contribution in [2.45, 2.75) is 24.5 Å². The molecule has 2 amide bonds. The number of fused-ring (bicyclic) bond motifs is 1. The fraction of sp³-hybridized carbons (Fsp3) is 0.208. The maximum atomic E-state index is 13.5. The number of carboxylic acid groups (broad SMARTS) is 1. The number of nitrogens with zero attached hydrogens (tertiary/aromatic N) is 2. The van der Waals surface area contributed by atoms with Crippen molar-refractivity contribution in [3.63, 3.8) is 0 Å². The van der Waals surface area contributed by atoms with Crippen LogP contribution in [0.15, 0.2) is 72.8 Å². The molecule has 0 spiro atoms. The minimum absolute atomic E-state index is 0.114. The number of amides is 2. The number of urea groups is 1. The van der Waals surface area contributed by atoms with E-state index in [1.165, 1.54) is 17.2 Å². The molecule has 10 heteroatoms. The Bertz CT molecular complexity index is 1410. The highest BCUT2D eigenvalue weighted by Crippen LogP contribution is 2.31. The molecule has 176 valence electrons. The molecule has 1 aromatic carbocycles. The number of aryl methyl sites for hydroxylation is 1. The maximum Gasteiger partial charge on any atom is 0.318 e. The zero-order valence-corrected chi connectivity index (χ0v) is 19.2. The van der Waals surface area contributed by atoms with Gasteiger partial charge in [0.1, 0.15) is 5.25 Å². The number of benzene rings is 1. The molecule has 0 aliphatic heterocycles. The van der Waals surface area contributed by atoms with Gasteiger partial charge in [0, 0.05) is 48.7 Å². The van der Waals surface area contributed by atoms with Crippen LogP contribution < -0.4 is 10.6 Å². The number of carboxylic acids is 1. The number of aliphatic carboxylic acids is 1. The summed E-state index contributed by atoms with van der Waals surface area (Å²) >= 11 is 0. The third kappa shape index (κ3) is 4.72. The Labute approximate surface area is 196 Å². The fourth-order valence-corrected chi connectivity index (χ4v) is 5.50. The standard InChI is InChI=1S/C24H24N4O5S/c1-25-24(31)27-19-6-8-20(9-7-19)34(32,33)28-15-18(5-11-23(29)30)21-13-16(4-10-22(21)28)17-3-2-12-26-14-17/h2-4,6-8,10,12-15,20H,5,9,11H2,1H3,(H,29,30)(H2,25,27,31). The number of aromatic nitrogens is 2. The lowest BCUT2D eigenvalue weighted by molar-refractivity contribution is -0.136. The number of carbonyl (C=O) groups excluding carboxylic acids is 1. The molecule has 3 N–H and O–H groups in total. The Morgan fingerprint density at radius 1 is 1.24 bits per heavy atom. The largest absolute Gasteiger partial charge is 0.481 e. The van der Waals surface area contributed by atoms with Gasteiger partial charge in [-0.3, -0.25) is 9.78 Å². The molecule has 34 heavy (non-hydrogen) atoms. The Morgan fingerprint density at radius 3 is 2.71 bits per heavy atom. The van der Waals surface area contributed by atoms with Crippen molar-refractivity contribution < 1.29 is 23.1 Å². The van der Waals surface area contributed by atoms with Crippen LogP contribution in [0, 0.1) is 0 Å². The van der Waals surface area contributed by atoms with E-state index in [0.29, 0.717) is 22.2 Å². The zero-order valence-electron chi connectivity index (χ0n) is 18.4. The summed E-state index contributed by atoms with van der Waals surface area (Å²) in [6.07, 6.45) is 9.96. The second kappa shape index (κ2) is 9.52. The molecule has 1 atom stereocenters. The van der Waals surface area contributed by atoms with E-state index in [9.17, 15) is 23.1 Å². The Morgan fingerprint density at radius 2 is 2.06 bits per heavy atom. The highest BCUT2D eigenvalue weighted by Gasteiger charge is 2.28. The molecule has 0 saturated heterocycles. The summed E-state index contributed by atoms with van der Waals surface area (Å²) in [5.41, 5.74) is 3.38. The lowest BCUT2D eigenvalue weighted by Gasteiger charge is -2.18. The van der Waals surface area contributed by atoms with E-state index < -0.39 is 21.2 Å². The number of pyridine rings is 1. The smallest absolute Gasteiger partial charge is 0.318 e. The van der Waals surface area contributed by atoms with Crippen molar-refractivity contribution >= 4 is 32.9 Å². The van der Waals surface area contributed by atoms with Gasteiger partial charge in [-0.15, -0.1) is 0 Å². The molecule has 3 aromatic rings. The Hall–Kier alpha value is -3.92. The Kier molecular flexibility index (Phi) is 6.51. The highest BCUT2D eigenvalue weighted by molar-refractivity contribution is 7.90. The van der Waals surface area contributed by atoms with Crippen molar-refractivity contribution in [2.24, 2.45) is 0 Å². The van der Waals surface area contributed by atoms with Gasteiger partial charge >= 0.3 is 12.0 Å². The first-order chi connectivity index (χ1) is 16.3. The molecular formula is C24H24N4O5S. The van der Waals surface area contributed by atoms with Gasteiger partial charge in [0.2, 0.25) is 10.0 Å². The Balaban J connectivity index is 1.72. The molecule has 1 unspecified atom stereocenters. The predicted octanol–water partition coefficient (Wildman–Crippen LogP) is 3.04. The second-order valence-electron chi connectivity index (χ2n) is 7.86.